The summed E-state index contributed by atoms with van der Waals surface area (Å²) in [5.74, 6) is 0.699. The first kappa shape index (κ1) is 24.3. The molecule has 3 nitrogen and oxygen atoms in total. The molecule has 0 aromatic heterocycles. The van der Waals surface area contributed by atoms with Gasteiger partial charge in [-0.25, -0.2) is 8.78 Å². The van der Waals surface area contributed by atoms with Crippen molar-refractivity contribution in [3.05, 3.63) is 23.0 Å². The average Bonchev–Trinajstić information content (AvgIpc) is 2.76. The Kier molecular flexibility index (Phi) is 10.6. The number of methoxy groups -OCH3 is 1. The van der Waals surface area contributed by atoms with Crippen LogP contribution in [0.3, 0.4) is 0 Å². The number of ether oxygens (including phenoxy) is 3. The third-order valence-corrected chi connectivity index (χ3v) is 6.50. The minimum atomic E-state index is -0.885. The molecule has 2 aliphatic carbocycles. The van der Waals surface area contributed by atoms with Crippen molar-refractivity contribution in [2.45, 2.75) is 91.3 Å². The van der Waals surface area contributed by atoms with E-state index in [9.17, 15) is 8.78 Å². The topological polar surface area (TPSA) is 27.7 Å². The van der Waals surface area contributed by atoms with E-state index < -0.39 is 11.7 Å². The molecule has 5 heteroatoms. The maximum absolute atomic E-state index is 14.0. The van der Waals surface area contributed by atoms with E-state index in [-0.39, 0.29) is 18.7 Å². The summed E-state index contributed by atoms with van der Waals surface area (Å²) in [5.41, 5.74) is 0.368. The molecule has 2 fully saturated rings. The van der Waals surface area contributed by atoms with Gasteiger partial charge in [0, 0.05) is 6.42 Å². The second kappa shape index (κ2) is 12.7. The molecule has 0 amide bonds. The number of hydrogen-bond acceptors (Lipinski definition) is 3. The minimum absolute atomic E-state index is 0.0841. The zero-order valence-electron chi connectivity index (χ0n) is 18.8. The van der Waals surface area contributed by atoms with Crippen molar-refractivity contribution in [3.63, 3.8) is 0 Å². The van der Waals surface area contributed by atoms with Crippen molar-refractivity contribution in [1.29, 1.82) is 0 Å². The lowest BCUT2D eigenvalue weighted by Gasteiger charge is -2.37. The van der Waals surface area contributed by atoms with E-state index in [1.54, 1.807) is 0 Å². The Hall–Kier alpha value is -0.940. The molecule has 0 spiro atoms. The van der Waals surface area contributed by atoms with Crippen LogP contribution in [0, 0.1) is 17.8 Å². The van der Waals surface area contributed by atoms with Crippen LogP contribution in [0.15, 0.2) is 23.0 Å². The van der Waals surface area contributed by atoms with Crippen molar-refractivity contribution >= 4 is 0 Å². The average molecular weight is 415 g/mol. The molecule has 0 aromatic rings. The van der Waals surface area contributed by atoms with Crippen LogP contribution in [0.2, 0.25) is 0 Å². The van der Waals surface area contributed by atoms with E-state index in [1.807, 2.05) is 0 Å². The van der Waals surface area contributed by atoms with Gasteiger partial charge in [0.15, 0.2) is 17.9 Å². The SMILES string of the molecule is CCC.CCC1CCC(C2CCC(OCC3=C(F)C(F)=C(OC)CC3)OC2)CC1. The maximum Gasteiger partial charge on any atom is 0.196 e. The highest BCUT2D eigenvalue weighted by molar-refractivity contribution is 5.32. The second-order valence-electron chi connectivity index (χ2n) is 8.67. The lowest BCUT2D eigenvalue weighted by Crippen LogP contribution is -2.34. The van der Waals surface area contributed by atoms with E-state index in [2.05, 4.69) is 20.8 Å². The molecule has 1 aliphatic heterocycles. The first-order chi connectivity index (χ1) is 14.0. The lowest BCUT2D eigenvalue weighted by molar-refractivity contribution is -0.177. The summed E-state index contributed by atoms with van der Waals surface area (Å²) in [6.07, 6.45) is 10.4. The van der Waals surface area contributed by atoms with Crippen LogP contribution in [0.4, 0.5) is 8.78 Å². The number of allylic oxidation sites excluding steroid dienone is 3. The van der Waals surface area contributed by atoms with Gasteiger partial charge in [-0.05, 0) is 55.4 Å². The van der Waals surface area contributed by atoms with Crippen molar-refractivity contribution < 1.29 is 23.0 Å². The molecule has 0 aromatic carbocycles. The highest BCUT2D eigenvalue weighted by atomic mass is 19.2. The van der Waals surface area contributed by atoms with Gasteiger partial charge < -0.3 is 14.2 Å². The second-order valence-corrected chi connectivity index (χ2v) is 8.67. The molecule has 1 saturated carbocycles. The summed E-state index contributed by atoms with van der Waals surface area (Å²) in [5, 5.41) is 0. The number of rotatable bonds is 6. The summed E-state index contributed by atoms with van der Waals surface area (Å²) in [6, 6.07) is 0. The lowest BCUT2D eigenvalue weighted by atomic mass is 9.73. The molecule has 2 unspecified atom stereocenters. The molecule has 0 N–H and O–H groups in total. The van der Waals surface area contributed by atoms with Gasteiger partial charge in [0.05, 0.1) is 20.3 Å². The van der Waals surface area contributed by atoms with Gasteiger partial charge in [-0.1, -0.05) is 46.5 Å². The van der Waals surface area contributed by atoms with Crippen LogP contribution in [0.1, 0.15) is 85.0 Å². The van der Waals surface area contributed by atoms with Gasteiger partial charge in [0.25, 0.3) is 0 Å². The highest BCUT2D eigenvalue weighted by Crippen LogP contribution is 2.39. The van der Waals surface area contributed by atoms with Gasteiger partial charge >= 0.3 is 0 Å². The standard InChI is InChI=1S/C21H32F2O3.C3H8/c1-3-14-4-6-15(7-5-14)16-9-11-19(25-12-16)26-13-17-8-10-18(24-2)21(23)20(17)22;1-3-2/h14-16,19H,3-13H2,1-2H3;3H2,1-2H3. The molecule has 1 heterocycles. The van der Waals surface area contributed by atoms with Crippen LogP contribution in [0.25, 0.3) is 0 Å². The van der Waals surface area contributed by atoms with Crippen LogP contribution in [-0.4, -0.2) is 26.6 Å². The van der Waals surface area contributed by atoms with Crippen molar-refractivity contribution in [1.82, 2.24) is 0 Å². The van der Waals surface area contributed by atoms with Crippen LogP contribution in [-0.2, 0) is 14.2 Å². The Morgan fingerprint density at radius 1 is 0.897 bits per heavy atom. The smallest absolute Gasteiger partial charge is 0.196 e. The fourth-order valence-corrected chi connectivity index (χ4v) is 4.60. The zero-order chi connectivity index (χ0) is 21.2. The van der Waals surface area contributed by atoms with E-state index >= 15 is 0 Å². The molecule has 3 rings (SSSR count). The molecular weight excluding hydrogens is 374 g/mol. The van der Waals surface area contributed by atoms with Gasteiger partial charge in [-0.3, -0.25) is 0 Å². The molecule has 1 saturated heterocycles. The number of halogens is 2. The normalized spacial score (nSPS) is 30.7. The highest BCUT2D eigenvalue weighted by Gasteiger charge is 2.32. The van der Waals surface area contributed by atoms with Gasteiger partial charge in [-0.15, -0.1) is 0 Å². The molecule has 0 bridgehead atoms. The van der Waals surface area contributed by atoms with Gasteiger partial charge in [0.2, 0.25) is 0 Å². The fourth-order valence-electron chi connectivity index (χ4n) is 4.60. The summed E-state index contributed by atoms with van der Waals surface area (Å²) in [7, 11) is 1.37. The van der Waals surface area contributed by atoms with Crippen LogP contribution < -0.4 is 0 Å². The largest absolute Gasteiger partial charge is 0.498 e. The Morgan fingerprint density at radius 3 is 2.10 bits per heavy atom. The monoisotopic (exact) mass is 414 g/mol. The Labute approximate surface area is 175 Å². The first-order valence-electron chi connectivity index (χ1n) is 11.6. The predicted molar refractivity (Wildman–Crippen MR) is 113 cm³/mol. The van der Waals surface area contributed by atoms with E-state index in [0.717, 1.165) is 31.3 Å². The van der Waals surface area contributed by atoms with E-state index in [4.69, 9.17) is 14.2 Å². The maximum atomic E-state index is 14.0. The van der Waals surface area contributed by atoms with Crippen molar-refractivity contribution in [2.75, 3.05) is 20.3 Å². The van der Waals surface area contributed by atoms with E-state index in [0.29, 0.717) is 24.3 Å². The number of hydrogen-bond donors (Lipinski definition) is 0. The quantitative estimate of drug-likeness (QED) is 0.459. The fraction of sp³-hybridized carbons (Fsp3) is 0.833. The van der Waals surface area contributed by atoms with Crippen molar-refractivity contribution in [2.24, 2.45) is 17.8 Å². The Morgan fingerprint density at radius 2 is 1.55 bits per heavy atom. The van der Waals surface area contributed by atoms with Gasteiger partial charge in [-0.2, -0.15) is 0 Å². The van der Waals surface area contributed by atoms with Crippen LogP contribution in [0.5, 0.6) is 0 Å². The van der Waals surface area contributed by atoms with Crippen LogP contribution >= 0.6 is 0 Å². The predicted octanol–water partition coefficient (Wildman–Crippen LogP) is 7.23. The molecule has 168 valence electrons. The Balaban J connectivity index is 0.000000941. The van der Waals surface area contributed by atoms with Crippen molar-refractivity contribution in [3.8, 4) is 0 Å². The molecular formula is C24H40F2O3. The summed E-state index contributed by atoms with van der Waals surface area (Å²) < 4.78 is 44.3. The Bertz CT molecular complexity index is 542. The summed E-state index contributed by atoms with van der Waals surface area (Å²) in [4.78, 5) is 0. The molecule has 3 aliphatic rings. The van der Waals surface area contributed by atoms with Gasteiger partial charge in [0.1, 0.15) is 5.76 Å². The molecule has 2 atom stereocenters. The summed E-state index contributed by atoms with van der Waals surface area (Å²) in [6.45, 7) is 7.36. The third-order valence-electron chi connectivity index (χ3n) is 6.50. The third kappa shape index (κ3) is 7.06. The first-order valence-corrected chi connectivity index (χ1v) is 11.6. The van der Waals surface area contributed by atoms with E-state index in [1.165, 1.54) is 45.6 Å². The molecule has 0 radical (unpaired) electrons. The minimum Gasteiger partial charge on any atom is -0.498 e. The molecule has 29 heavy (non-hydrogen) atoms. The zero-order valence-corrected chi connectivity index (χ0v) is 18.8. The summed E-state index contributed by atoms with van der Waals surface area (Å²) >= 11 is 0.